The van der Waals surface area contributed by atoms with Gasteiger partial charge in [0.25, 0.3) is 5.91 Å². The van der Waals surface area contributed by atoms with E-state index in [4.69, 9.17) is 4.74 Å². The van der Waals surface area contributed by atoms with Crippen molar-refractivity contribution in [2.45, 2.75) is 13.8 Å². The number of benzene rings is 3. The number of carbonyl (C=O) groups is 1. The molecular weight excluding hydrogens is 362 g/mol. The Morgan fingerprint density at radius 1 is 1.03 bits per heavy atom. The molecule has 0 aliphatic rings. The number of amides is 1. The van der Waals surface area contributed by atoms with E-state index in [9.17, 15) is 4.79 Å². The summed E-state index contributed by atoms with van der Waals surface area (Å²) in [4.78, 5) is 17.2. The van der Waals surface area contributed by atoms with E-state index in [0.717, 1.165) is 32.8 Å². The zero-order valence-corrected chi connectivity index (χ0v) is 16.6. The van der Waals surface area contributed by atoms with Crippen LogP contribution < -0.4 is 10.2 Å². The minimum Gasteiger partial charge on any atom is -0.496 e. The van der Waals surface area contributed by atoms with Crippen LogP contribution in [0.25, 0.3) is 21.7 Å². The van der Waals surface area contributed by atoms with E-state index in [1.807, 2.05) is 74.5 Å². The molecule has 0 radical (unpaired) electrons. The summed E-state index contributed by atoms with van der Waals surface area (Å²) < 4.78 is 5.46. The van der Waals surface area contributed by atoms with Crippen molar-refractivity contribution in [1.82, 2.24) is 10.4 Å². The summed E-state index contributed by atoms with van der Waals surface area (Å²) in [7, 11) is 1.62. The van der Waals surface area contributed by atoms with E-state index in [1.165, 1.54) is 0 Å². The smallest absolute Gasteiger partial charge is 0.273 e. The molecule has 0 spiro atoms. The SMILES string of the molecule is COc1ccc2ccccc2c1C=NNC(=O)c1cc2cc(C)ccc2nc1C. The Hall–Kier alpha value is -3.73. The van der Waals surface area contributed by atoms with Crippen LogP contribution in [-0.4, -0.2) is 24.2 Å². The molecule has 0 fully saturated rings. The van der Waals surface area contributed by atoms with Crippen LogP contribution in [0, 0.1) is 13.8 Å². The van der Waals surface area contributed by atoms with Crippen molar-refractivity contribution in [2.24, 2.45) is 5.10 Å². The fourth-order valence-corrected chi connectivity index (χ4v) is 3.42. The summed E-state index contributed by atoms with van der Waals surface area (Å²) in [5, 5.41) is 7.19. The number of aryl methyl sites for hydroxylation is 2. The van der Waals surface area contributed by atoms with Crippen molar-refractivity contribution in [3.05, 3.63) is 83.0 Å². The van der Waals surface area contributed by atoms with E-state index in [-0.39, 0.29) is 5.91 Å². The number of nitrogens with zero attached hydrogens (tertiary/aromatic N) is 2. The molecule has 1 aromatic heterocycles. The fourth-order valence-electron chi connectivity index (χ4n) is 3.42. The third-order valence-corrected chi connectivity index (χ3v) is 4.92. The summed E-state index contributed by atoms with van der Waals surface area (Å²) in [5.74, 6) is 0.398. The fraction of sp³-hybridized carbons (Fsp3) is 0.125. The molecule has 5 nitrogen and oxygen atoms in total. The number of hydrogen-bond acceptors (Lipinski definition) is 4. The Bertz CT molecular complexity index is 1260. The third kappa shape index (κ3) is 3.67. The van der Waals surface area contributed by atoms with Crippen LogP contribution in [0.2, 0.25) is 0 Å². The van der Waals surface area contributed by atoms with Crippen molar-refractivity contribution in [3.8, 4) is 5.75 Å². The van der Waals surface area contributed by atoms with Gasteiger partial charge in [0.05, 0.1) is 30.1 Å². The van der Waals surface area contributed by atoms with Crippen LogP contribution in [0.5, 0.6) is 5.75 Å². The van der Waals surface area contributed by atoms with Gasteiger partial charge in [-0.1, -0.05) is 42.0 Å². The predicted molar refractivity (Wildman–Crippen MR) is 117 cm³/mol. The molecule has 0 saturated heterocycles. The predicted octanol–water partition coefficient (Wildman–Crippen LogP) is 4.78. The van der Waals surface area contributed by atoms with Crippen LogP contribution in [0.15, 0.2) is 65.8 Å². The van der Waals surface area contributed by atoms with Crippen LogP contribution in [-0.2, 0) is 0 Å². The summed E-state index contributed by atoms with van der Waals surface area (Å²) in [6.45, 7) is 3.84. The summed E-state index contributed by atoms with van der Waals surface area (Å²) in [6, 6.07) is 19.7. The van der Waals surface area contributed by atoms with Gasteiger partial charge >= 0.3 is 0 Å². The number of nitrogens with one attached hydrogen (secondary N) is 1. The maximum Gasteiger partial charge on any atom is 0.273 e. The molecular formula is C24H21N3O2. The first-order chi connectivity index (χ1) is 14.1. The molecule has 4 aromatic rings. The number of pyridine rings is 1. The second-order valence-corrected chi connectivity index (χ2v) is 6.92. The van der Waals surface area contributed by atoms with Crippen LogP contribution >= 0.6 is 0 Å². The number of rotatable bonds is 4. The first-order valence-electron chi connectivity index (χ1n) is 9.34. The van der Waals surface area contributed by atoms with E-state index >= 15 is 0 Å². The minimum absolute atomic E-state index is 0.297. The molecule has 0 bridgehead atoms. The largest absolute Gasteiger partial charge is 0.496 e. The summed E-state index contributed by atoms with van der Waals surface area (Å²) in [6.07, 6.45) is 1.62. The Labute approximate surface area is 169 Å². The standard InChI is InChI=1S/C24H21N3O2/c1-15-8-10-22-18(12-15)13-20(16(2)26-22)24(28)27-25-14-21-19-7-5-4-6-17(19)9-11-23(21)29-3/h4-14H,1-3H3,(H,27,28). The average molecular weight is 383 g/mol. The van der Waals surface area contributed by atoms with E-state index in [0.29, 0.717) is 17.0 Å². The topological polar surface area (TPSA) is 63.6 Å². The van der Waals surface area contributed by atoms with Gasteiger partial charge in [-0.3, -0.25) is 9.78 Å². The Kier molecular flexibility index (Phi) is 4.96. The average Bonchev–Trinajstić information content (AvgIpc) is 2.73. The van der Waals surface area contributed by atoms with E-state index in [2.05, 4.69) is 15.5 Å². The molecule has 0 unspecified atom stereocenters. The lowest BCUT2D eigenvalue weighted by Gasteiger charge is -2.09. The van der Waals surface area contributed by atoms with Gasteiger partial charge in [-0.25, -0.2) is 5.43 Å². The lowest BCUT2D eigenvalue weighted by molar-refractivity contribution is 0.0954. The van der Waals surface area contributed by atoms with E-state index in [1.54, 1.807) is 13.3 Å². The maximum atomic E-state index is 12.7. The van der Waals surface area contributed by atoms with Gasteiger partial charge in [0.1, 0.15) is 5.75 Å². The van der Waals surface area contributed by atoms with Crippen molar-refractivity contribution < 1.29 is 9.53 Å². The monoisotopic (exact) mass is 383 g/mol. The van der Waals surface area contributed by atoms with Crippen molar-refractivity contribution in [1.29, 1.82) is 0 Å². The highest BCUT2D eigenvalue weighted by Crippen LogP contribution is 2.26. The number of aromatic nitrogens is 1. The Balaban J connectivity index is 1.64. The Morgan fingerprint density at radius 3 is 2.69 bits per heavy atom. The molecule has 0 atom stereocenters. The molecule has 0 saturated carbocycles. The highest BCUT2D eigenvalue weighted by molar-refractivity contribution is 6.03. The van der Waals surface area contributed by atoms with Crippen LogP contribution in [0.1, 0.15) is 27.2 Å². The molecule has 3 aromatic carbocycles. The number of fused-ring (bicyclic) bond motifs is 2. The summed E-state index contributed by atoms with van der Waals surface area (Å²) >= 11 is 0. The molecule has 144 valence electrons. The molecule has 1 N–H and O–H groups in total. The molecule has 0 aliphatic carbocycles. The van der Waals surface area contributed by atoms with Gasteiger partial charge in [-0.15, -0.1) is 0 Å². The molecule has 0 aliphatic heterocycles. The second-order valence-electron chi connectivity index (χ2n) is 6.92. The maximum absolute atomic E-state index is 12.7. The molecule has 1 heterocycles. The second kappa shape index (κ2) is 7.72. The van der Waals surface area contributed by atoms with Gasteiger partial charge in [0.2, 0.25) is 0 Å². The minimum atomic E-state index is -0.297. The van der Waals surface area contributed by atoms with Crippen molar-refractivity contribution in [3.63, 3.8) is 0 Å². The molecule has 5 heteroatoms. The van der Waals surface area contributed by atoms with Gasteiger partial charge < -0.3 is 4.74 Å². The molecule has 1 amide bonds. The number of hydrazone groups is 1. The van der Waals surface area contributed by atoms with Gasteiger partial charge in [0, 0.05) is 10.9 Å². The van der Waals surface area contributed by atoms with Gasteiger partial charge in [0.15, 0.2) is 0 Å². The molecule has 4 rings (SSSR count). The zero-order chi connectivity index (χ0) is 20.4. The normalized spacial score (nSPS) is 11.3. The van der Waals surface area contributed by atoms with Crippen molar-refractivity contribution in [2.75, 3.05) is 7.11 Å². The lowest BCUT2D eigenvalue weighted by atomic mass is 10.0. The highest BCUT2D eigenvalue weighted by atomic mass is 16.5. The lowest BCUT2D eigenvalue weighted by Crippen LogP contribution is -2.19. The quantitative estimate of drug-likeness (QED) is 0.408. The summed E-state index contributed by atoms with van der Waals surface area (Å²) in [5.41, 5.74) is 6.59. The van der Waals surface area contributed by atoms with Gasteiger partial charge in [-0.2, -0.15) is 5.10 Å². The number of ether oxygens (including phenoxy) is 1. The number of carbonyl (C=O) groups excluding carboxylic acids is 1. The third-order valence-electron chi connectivity index (χ3n) is 4.92. The van der Waals surface area contributed by atoms with Crippen LogP contribution in [0.3, 0.4) is 0 Å². The highest BCUT2D eigenvalue weighted by Gasteiger charge is 2.12. The van der Waals surface area contributed by atoms with Crippen molar-refractivity contribution >= 4 is 33.8 Å². The van der Waals surface area contributed by atoms with Gasteiger partial charge in [-0.05, 0) is 48.9 Å². The van der Waals surface area contributed by atoms with Crippen LogP contribution in [0.4, 0.5) is 0 Å². The molecule has 29 heavy (non-hydrogen) atoms. The Morgan fingerprint density at radius 2 is 1.86 bits per heavy atom. The first-order valence-corrected chi connectivity index (χ1v) is 9.34. The van der Waals surface area contributed by atoms with E-state index < -0.39 is 0 Å². The number of hydrogen-bond donors (Lipinski definition) is 1. The first kappa shape index (κ1) is 18.6. The number of methoxy groups -OCH3 is 1. The zero-order valence-electron chi connectivity index (χ0n) is 16.6.